The molecule has 2 aromatic carbocycles. The highest BCUT2D eigenvalue weighted by atomic mass is 16.1. The molecule has 1 aliphatic rings. The van der Waals surface area contributed by atoms with Crippen LogP contribution in [0.1, 0.15) is 31.4 Å². The highest BCUT2D eigenvalue weighted by Gasteiger charge is 2.22. The Bertz CT molecular complexity index is 627. The van der Waals surface area contributed by atoms with E-state index in [0.717, 1.165) is 25.9 Å². The van der Waals surface area contributed by atoms with Crippen molar-refractivity contribution >= 4 is 16.7 Å². The van der Waals surface area contributed by atoms with Crippen molar-refractivity contribution in [3.63, 3.8) is 0 Å². The molecule has 1 unspecified atom stereocenters. The van der Waals surface area contributed by atoms with E-state index in [9.17, 15) is 4.79 Å². The molecule has 3 heteroatoms. The Labute approximate surface area is 125 Å². The van der Waals surface area contributed by atoms with Gasteiger partial charge in [0.2, 0.25) is 5.91 Å². The number of benzene rings is 2. The summed E-state index contributed by atoms with van der Waals surface area (Å²) in [5.41, 5.74) is 1.19. The lowest BCUT2D eigenvalue weighted by molar-refractivity contribution is -0.126. The van der Waals surface area contributed by atoms with Gasteiger partial charge in [-0.2, -0.15) is 0 Å². The van der Waals surface area contributed by atoms with E-state index in [1.165, 1.54) is 16.3 Å². The molecule has 1 heterocycles. The first-order valence-corrected chi connectivity index (χ1v) is 7.74. The number of rotatable bonds is 3. The topological polar surface area (TPSA) is 41.1 Å². The first kappa shape index (κ1) is 14.1. The molecular weight excluding hydrogens is 260 g/mol. The zero-order valence-electron chi connectivity index (χ0n) is 12.4. The lowest BCUT2D eigenvalue weighted by Gasteiger charge is -2.24. The molecule has 1 fully saturated rings. The summed E-state index contributed by atoms with van der Waals surface area (Å²) in [6, 6.07) is 14.6. The van der Waals surface area contributed by atoms with E-state index in [2.05, 4.69) is 47.9 Å². The second kappa shape index (κ2) is 6.27. The van der Waals surface area contributed by atoms with Gasteiger partial charge in [-0.3, -0.25) is 4.79 Å². The summed E-state index contributed by atoms with van der Waals surface area (Å²) in [6.45, 7) is 3.90. The molecule has 0 saturated carbocycles. The zero-order chi connectivity index (χ0) is 14.7. The smallest absolute Gasteiger partial charge is 0.224 e. The molecule has 0 aromatic heterocycles. The van der Waals surface area contributed by atoms with Crippen LogP contribution in [0.25, 0.3) is 10.8 Å². The van der Waals surface area contributed by atoms with Gasteiger partial charge in [-0.25, -0.2) is 0 Å². The van der Waals surface area contributed by atoms with Crippen LogP contribution >= 0.6 is 0 Å². The minimum absolute atomic E-state index is 0.0329. The van der Waals surface area contributed by atoms with Gasteiger partial charge >= 0.3 is 0 Å². The molecule has 0 radical (unpaired) electrons. The summed E-state index contributed by atoms with van der Waals surface area (Å²) < 4.78 is 0. The second-order valence-corrected chi connectivity index (χ2v) is 5.84. The average Bonchev–Trinajstić information content (AvgIpc) is 2.55. The predicted octanol–water partition coefficient (Wildman–Crippen LogP) is 3.02. The van der Waals surface area contributed by atoms with Crippen LogP contribution in [-0.2, 0) is 4.79 Å². The molecule has 2 N–H and O–H groups in total. The van der Waals surface area contributed by atoms with Crippen molar-refractivity contribution in [2.24, 2.45) is 5.92 Å². The Morgan fingerprint density at radius 2 is 2.05 bits per heavy atom. The van der Waals surface area contributed by atoms with Gasteiger partial charge in [0, 0.05) is 6.54 Å². The van der Waals surface area contributed by atoms with Crippen LogP contribution in [0.5, 0.6) is 0 Å². The highest BCUT2D eigenvalue weighted by Crippen LogP contribution is 2.24. The van der Waals surface area contributed by atoms with E-state index >= 15 is 0 Å². The Kier molecular flexibility index (Phi) is 4.20. The van der Waals surface area contributed by atoms with Crippen LogP contribution in [0.15, 0.2) is 42.5 Å². The van der Waals surface area contributed by atoms with Gasteiger partial charge in [-0.05, 0) is 42.6 Å². The van der Waals surface area contributed by atoms with Gasteiger partial charge in [0.1, 0.15) is 0 Å². The molecule has 1 saturated heterocycles. The molecule has 3 rings (SSSR count). The van der Waals surface area contributed by atoms with E-state index in [1.54, 1.807) is 0 Å². The summed E-state index contributed by atoms with van der Waals surface area (Å²) in [6.07, 6.45) is 2.07. The number of amides is 1. The fourth-order valence-corrected chi connectivity index (χ4v) is 3.11. The highest BCUT2D eigenvalue weighted by molar-refractivity contribution is 5.87. The summed E-state index contributed by atoms with van der Waals surface area (Å²) in [5.74, 6) is 0.277. The Hall–Kier alpha value is -1.87. The number of fused-ring (bicyclic) bond motifs is 1. The summed E-state index contributed by atoms with van der Waals surface area (Å²) in [5, 5.41) is 8.91. The lowest BCUT2D eigenvalue weighted by Crippen LogP contribution is -2.41. The van der Waals surface area contributed by atoms with Crippen LogP contribution < -0.4 is 10.6 Å². The normalized spacial score (nSPS) is 20.1. The van der Waals surface area contributed by atoms with Crippen molar-refractivity contribution in [2.75, 3.05) is 13.1 Å². The molecular formula is C18H22N2O. The zero-order valence-corrected chi connectivity index (χ0v) is 12.4. The van der Waals surface area contributed by atoms with E-state index in [1.807, 2.05) is 12.1 Å². The van der Waals surface area contributed by atoms with E-state index in [0.29, 0.717) is 0 Å². The maximum atomic E-state index is 12.4. The molecule has 2 aromatic rings. The van der Waals surface area contributed by atoms with Crippen LogP contribution in [0.3, 0.4) is 0 Å². The maximum Gasteiger partial charge on any atom is 0.224 e. The van der Waals surface area contributed by atoms with Crippen molar-refractivity contribution in [3.8, 4) is 0 Å². The van der Waals surface area contributed by atoms with Gasteiger partial charge in [-0.1, -0.05) is 42.5 Å². The molecule has 2 atom stereocenters. The van der Waals surface area contributed by atoms with Crippen molar-refractivity contribution in [3.05, 3.63) is 48.0 Å². The number of hydrogen-bond acceptors (Lipinski definition) is 2. The van der Waals surface area contributed by atoms with E-state index in [-0.39, 0.29) is 17.9 Å². The van der Waals surface area contributed by atoms with Crippen molar-refractivity contribution < 1.29 is 4.79 Å². The largest absolute Gasteiger partial charge is 0.349 e. The van der Waals surface area contributed by atoms with Crippen molar-refractivity contribution in [1.82, 2.24) is 10.6 Å². The fraction of sp³-hybridized carbons (Fsp3) is 0.389. The first-order valence-electron chi connectivity index (χ1n) is 7.74. The third kappa shape index (κ3) is 3.08. The van der Waals surface area contributed by atoms with Crippen LogP contribution in [0, 0.1) is 5.92 Å². The predicted molar refractivity (Wildman–Crippen MR) is 86.1 cm³/mol. The van der Waals surface area contributed by atoms with Crippen LogP contribution in [0.4, 0.5) is 0 Å². The van der Waals surface area contributed by atoms with Crippen molar-refractivity contribution in [1.29, 1.82) is 0 Å². The summed E-state index contributed by atoms with van der Waals surface area (Å²) in [4.78, 5) is 12.4. The minimum Gasteiger partial charge on any atom is -0.349 e. The van der Waals surface area contributed by atoms with Gasteiger partial charge in [0.15, 0.2) is 0 Å². The van der Waals surface area contributed by atoms with Gasteiger partial charge < -0.3 is 10.6 Å². The number of piperidine rings is 1. The molecule has 3 nitrogen and oxygen atoms in total. The van der Waals surface area contributed by atoms with Crippen molar-refractivity contribution in [2.45, 2.75) is 25.8 Å². The van der Waals surface area contributed by atoms with Gasteiger partial charge in [0.25, 0.3) is 0 Å². The maximum absolute atomic E-state index is 12.4. The molecule has 0 bridgehead atoms. The second-order valence-electron chi connectivity index (χ2n) is 5.84. The third-order valence-electron chi connectivity index (χ3n) is 4.32. The SMILES string of the molecule is CC(NC(=O)[C@H]1CCCNC1)c1cccc2ccccc12. The number of hydrogen-bond donors (Lipinski definition) is 2. The van der Waals surface area contributed by atoms with Crippen LogP contribution in [0.2, 0.25) is 0 Å². The average molecular weight is 282 g/mol. The molecule has 0 aliphatic carbocycles. The van der Waals surface area contributed by atoms with Gasteiger partial charge in [0.05, 0.1) is 12.0 Å². The van der Waals surface area contributed by atoms with Crippen LogP contribution in [-0.4, -0.2) is 19.0 Å². The molecule has 110 valence electrons. The fourth-order valence-electron chi connectivity index (χ4n) is 3.11. The lowest BCUT2D eigenvalue weighted by atomic mass is 9.96. The Balaban J connectivity index is 1.77. The quantitative estimate of drug-likeness (QED) is 0.908. The Morgan fingerprint density at radius 3 is 2.86 bits per heavy atom. The number of nitrogens with one attached hydrogen (secondary N) is 2. The van der Waals surface area contributed by atoms with Gasteiger partial charge in [-0.15, -0.1) is 0 Å². The number of carbonyl (C=O) groups is 1. The Morgan fingerprint density at radius 1 is 1.24 bits per heavy atom. The molecule has 0 spiro atoms. The first-order chi connectivity index (χ1) is 10.3. The standard InChI is InChI=1S/C18H22N2O/c1-13(20-18(21)15-8-5-11-19-12-15)16-10-4-7-14-6-2-3-9-17(14)16/h2-4,6-7,9-10,13,15,19H,5,8,11-12H2,1H3,(H,20,21)/t13?,15-/m0/s1. The monoisotopic (exact) mass is 282 g/mol. The van der Waals surface area contributed by atoms with E-state index < -0.39 is 0 Å². The summed E-state index contributed by atoms with van der Waals surface area (Å²) in [7, 11) is 0. The molecule has 1 amide bonds. The van der Waals surface area contributed by atoms with E-state index in [4.69, 9.17) is 0 Å². The molecule has 21 heavy (non-hydrogen) atoms. The summed E-state index contributed by atoms with van der Waals surface area (Å²) >= 11 is 0. The minimum atomic E-state index is 0.0329. The molecule has 1 aliphatic heterocycles. The third-order valence-corrected chi connectivity index (χ3v) is 4.32. The number of carbonyl (C=O) groups excluding carboxylic acids is 1.